The van der Waals surface area contributed by atoms with Crippen molar-refractivity contribution < 1.29 is 9.53 Å². The quantitative estimate of drug-likeness (QED) is 0.603. The molecule has 0 spiro atoms. The number of carbonyl (C=O) groups excluding carboxylic acids is 1. The first kappa shape index (κ1) is 24.1. The molecule has 3 aromatic rings. The lowest BCUT2D eigenvalue weighted by atomic mass is 9.84. The Bertz CT molecular complexity index is 1170. The minimum absolute atomic E-state index is 0.0781. The van der Waals surface area contributed by atoms with Gasteiger partial charge in [-0.3, -0.25) is 4.79 Å². The largest absolute Gasteiger partial charge is 0.368 e. The van der Waals surface area contributed by atoms with Crippen LogP contribution in [0.1, 0.15) is 56.0 Å². The summed E-state index contributed by atoms with van der Waals surface area (Å²) in [5.74, 6) is 0.623. The first-order valence-corrected chi connectivity index (χ1v) is 12.0. The number of amides is 1. The number of nitrogens with zero attached hydrogens (tertiary/aromatic N) is 5. The van der Waals surface area contributed by atoms with E-state index in [1.54, 1.807) is 7.05 Å². The summed E-state index contributed by atoms with van der Waals surface area (Å²) in [6.07, 6.45) is 4.29. The molecule has 4 rings (SSSR count). The van der Waals surface area contributed by atoms with Gasteiger partial charge in [0.2, 0.25) is 11.9 Å². The molecule has 0 atom stereocenters. The highest BCUT2D eigenvalue weighted by atomic mass is 16.5. The average molecular weight is 465 g/mol. The van der Waals surface area contributed by atoms with E-state index in [9.17, 15) is 4.79 Å². The van der Waals surface area contributed by atoms with Gasteiger partial charge in [-0.15, -0.1) is 0 Å². The minimum atomic E-state index is -0.0955. The van der Waals surface area contributed by atoms with E-state index in [4.69, 9.17) is 14.7 Å². The zero-order chi connectivity index (χ0) is 24.5. The molecule has 0 radical (unpaired) electrons. The number of piperidine rings is 1. The van der Waals surface area contributed by atoms with Gasteiger partial charge in [-0.05, 0) is 41.9 Å². The number of likely N-dealkylation sites (N-methyl/N-ethyl adjacent to an activating group) is 1. The third-order valence-electron chi connectivity index (χ3n) is 6.66. The lowest BCUT2D eigenvalue weighted by Crippen LogP contribution is -2.39. The zero-order valence-electron chi connectivity index (χ0n) is 21.2. The van der Waals surface area contributed by atoms with Gasteiger partial charge in [0.05, 0.1) is 18.1 Å². The lowest BCUT2D eigenvalue weighted by molar-refractivity contribution is -0.127. The van der Waals surface area contributed by atoms with Crippen molar-refractivity contribution in [3.63, 3.8) is 0 Å². The fourth-order valence-corrected chi connectivity index (χ4v) is 4.39. The van der Waals surface area contributed by atoms with Crippen LogP contribution in [0.2, 0.25) is 0 Å². The maximum atomic E-state index is 11.5. The predicted octanol–water partition coefficient (Wildman–Crippen LogP) is 3.29. The van der Waals surface area contributed by atoms with Crippen LogP contribution in [0.4, 0.5) is 5.95 Å². The van der Waals surface area contributed by atoms with Crippen LogP contribution in [0.3, 0.4) is 0 Å². The monoisotopic (exact) mass is 464 g/mol. The van der Waals surface area contributed by atoms with E-state index in [1.165, 1.54) is 16.7 Å². The first-order chi connectivity index (χ1) is 16.2. The second-order valence-corrected chi connectivity index (χ2v) is 10.2. The van der Waals surface area contributed by atoms with Crippen molar-refractivity contribution in [1.29, 1.82) is 0 Å². The molecule has 0 aliphatic carbocycles. The number of aryl methyl sites for hydroxylation is 2. The number of carbonyl (C=O) groups is 1. The Morgan fingerprint density at radius 1 is 1.21 bits per heavy atom. The van der Waals surface area contributed by atoms with Crippen LogP contribution < -0.4 is 10.2 Å². The molecule has 2 aromatic heterocycles. The predicted molar refractivity (Wildman–Crippen MR) is 134 cm³/mol. The van der Waals surface area contributed by atoms with E-state index >= 15 is 0 Å². The molecule has 1 aliphatic rings. The third kappa shape index (κ3) is 5.22. The Balaban J connectivity index is 1.59. The summed E-state index contributed by atoms with van der Waals surface area (Å²) in [5, 5.41) is 2.60. The molecule has 3 heterocycles. The number of fused-ring (bicyclic) bond motifs is 1. The average Bonchev–Trinajstić information content (AvgIpc) is 3.19. The van der Waals surface area contributed by atoms with Crippen molar-refractivity contribution in [2.24, 2.45) is 7.05 Å². The number of hydrogen-bond acceptors (Lipinski definition) is 6. The molecule has 1 N–H and O–H groups in total. The van der Waals surface area contributed by atoms with Gasteiger partial charge in [0, 0.05) is 33.6 Å². The van der Waals surface area contributed by atoms with Crippen LogP contribution in [0, 0.1) is 6.92 Å². The van der Waals surface area contributed by atoms with Crippen molar-refractivity contribution in [1.82, 2.24) is 24.8 Å². The summed E-state index contributed by atoms with van der Waals surface area (Å²) in [6.45, 7) is 10.6. The van der Waals surface area contributed by atoms with Gasteiger partial charge in [0.1, 0.15) is 12.1 Å². The van der Waals surface area contributed by atoms with Gasteiger partial charge >= 0.3 is 0 Å². The second-order valence-electron chi connectivity index (χ2n) is 10.2. The molecule has 182 valence electrons. The van der Waals surface area contributed by atoms with E-state index < -0.39 is 0 Å². The zero-order valence-corrected chi connectivity index (χ0v) is 21.2. The van der Waals surface area contributed by atoms with Gasteiger partial charge in [0.25, 0.3) is 0 Å². The van der Waals surface area contributed by atoms with Crippen LogP contribution in [-0.2, 0) is 28.4 Å². The molecular weight excluding hydrogens is 428 g/mol. The van der Waals surface area contributed by atoms with Gasteiger partial charge < -0.3 is 19.5 Å². The Morgan fingerprint density at radius 3 is 2.62 bits per heavy atom. The smallest absolute Gasteiger partial charge is 0.245 e. The molecule has 1 amide bonds. The fraction of sp³-hybridized carbons (Fsp3) is 0.538. The summed E-state index contributed by atoms with van der Waals surface area (Å²) in [5.41, 5.74) is 6.65. The number of anilines is 1. The Labute approximate surface area is 201 Å². The standard InChI is InChI=1S/C26H36N6O2/c1-17-7-8-19(26(2,3)4)13-18(17)14-21-23-24(28-16-31(23)6)30-25(29-21)32-11-9-20(10-12-32)34-15-22(33)27-5/h7-8,13,16,20H,9-12,14-15H2,1-6H3,(H,27,33). The van der Waals surface area contributed by atoms with E-state index in [0.29, 0.717) is 0 Å². The summed E-state index contributed by atoms with van der Waals surface area (Å²) in [4.78, 5) is 28.1. The number of imidazole rings is 1. The molecule has 0 unspecified atom stereocenters. The van der Waals surface area contributed by atoms with E-state index in [-0.39, 0.29) is 24.0 Å². The van der Waals surface area contributed by atoms with Crippen molar-refractivity contribution in [3.05, 3.63) is 46.9 Å². The molecule has 1 aliphatic heterocycles. The van der Waals surface area contributed by atoms with Crippen molar-refractivity contribution in [2.45, 2.75) is 58.5 Å². The topological polar surface area (TPSA) is 85.2 Å². The van der Waals surface area contributed by atoms with Gasteiger partial charge in [-0.1, -0.05) is 39.0 Å². The van der Waals surface area contributed by atoms with Crippen LogP contribution in [0.5, 0.6) is 0 Å². The van der Waals surface area contributed by atoms with Gasteiger partial charge in [-0.25, -0.2) is 9.97 Å². The molecule has 0 bridgehead atoms. The molecule has 1 fully saturated rings. The van der Waals surface area contributed by atoms with E-state index in [0.717, 1.165) is 55.2 Å². The van der Waals surface area contributed by atoms with E-state index in [1.807, 2.05) is 17.9 Å². The summed E-state index contributed by atoms with van der Waals surface area (Å²) >= 11 is 0. The molecule has 1 aromatic carbocycles. The van der Waals surface area contributed by atoms with Crippen LogP contribution in [0.25, 0.3) is 11.2 Å². The number of aromatic nitrogens is 4. The first-order valence-electron chi connectivity index (χ1n) is 12.0. The highest BCUT2D eigenvalue weighted by Crippen LogP contribution is 2.28. The molecule has 1 saturated heterocycles. The van der Waals surface area contributed by atoms with Crippen molar-refractivity contribution in [3.8, 4) is 0 Å². The number of nitrogens with one attached hydrogen (secondary N) is 1. The fourth-order valence-electron chi connectivity index (χ4n) is 4.39. The summed E-state index contributed by atoms with van der Waals surface area (Å²) in [7, 11) is 3.62. The number of benzene rings is 1. The SMILES string of the molecule is CNC(=O)COC1CCN(c2nc(Cc3cc(C(C)(C)C)ccc3C)c3c(ncn3C)n2)CC1. The number of rotatable bonds is 6. The van der Waals surface area contributed by atoms with Crippen LogP contribution in [0.15, 0.2) is 24.5 Å². The highest BCUT2D eigenvalue weighted by molar-refractivity contribution is 5.77. The minimum Gasteiger partial charge on any atom is -0.368 e. The second kappa shape index (κ2) is 9.70. The molecule has 8 nitrogen and oxygen atoms in total. The Hall–Kier alpha value is -3.00. The van der Waals surface area contributed by atoms with Crippen LogP contribution in [-0.4, -0.2) is 58.3 Å². The Kier molecular flexibility index (Phi) is 6.89. The molecule has 8 heteroatoms. The van der Waals surface area contributed by atoms with Crippen LogP contribution >= 0.6 is 0 Å². The maximum absolute atomic E-state index is 11.5. The summed E-state index contributed by atoms with van der Waals surface area (Å²) < 4.78 is 7.76. The van der Waals surface area contributed by atoms with Crippen molar-refractivity contribution in [2.75, 3.05) is 31.6 Å². The number of ether oxygens (including phenoxy) is 1. The molecular formula is C26H36N6O2. The van der Waals surface area contributed by atoms with Gasteiger partial charge in [0.15, 0.2) is 5.65 Å². The van der Waals surface area contributed by atoms with Gasteiger partial charge in [-0.2, -0.15) is 4.98 Å². The molecule has 0 saturated carbocycles. The highest BCUT2D eigenvalue weighted by Gasteiger charge is 2.24. The molecule has 34 heavy (non-hydrogen) atoms. The Morgan fingerprint density at radius 2 is 1.94 bits per heavy atom. The number of hydrogen-bond donors (Lipinski definition) is 1. The lowest BCUT2D eigenvalue weighted by Gasteiger charge is -2.32. The maximum Gasteiger partial charge on any atom is 0.245 e. The third-order valence-corrected chi connectivity index (χ3v) is 6.66. The summed E-state index contributed by atoms with van der Waals surface area (Å²) in [6, 6.07) is 6.75. The van der Waals surface area contributed by atoms with E-state index in [2.05, 4.69) is 61.1 Å². The normalized spacial score (nSPS) is 15.2. The van der Waals surface area contributed by atoms with Crippen molar-refractivity contribution >= 4 is 23.0 Å².